The van der Waals surface area contributed by atoms with E-state index < -0.39 is 11.8 Å². The summed E-state index contributed by atoms with van der Waals surface area (Å²) in [6.07, 6.45) is 3.83. The number of carbonyl (C=O) groups excluding carboxylic acids is 2. The van der Waals surface area contributed by atoms with Crippen LogP contribution < -0.4 is 10.6 Å². The van der Waals surface area contributed by atoms with E-state index >= 15 is 0 Å². The van der Waals surface area contributed by atoms with E-state index in [9.17, 15) is 9.59 Å². The van der Waals surface area contributed by atoms with Gasteiger partial charge in [-0.1, -0.05) is 18.2 Å². The first-order chi connectivity index (χ1) is 13.1. The molecule has 2 N–H and O–H groups in total. The molecule has 0 radical (unpaired) electrons. The Bertz CT molecular complexity index is 771. The second-order valence-corrected chi connectivity index (χ2v) is 7.07. The van der Waals surface area contributed by atoms with Crippen molar-refractivity contribution in [1.29, 1.82) is 0 Å². The second kappa shape index (κ2) is 9.28. The Morgan fingerprint density at radius 2 is 1.93 bits per heavy atom. The molecule has 3 rings (SSSR count). The second-order valence-electron chi connectivity index (χ2n) is 7.07. The Kier molecular flexibility index (Phi) is 6.54. The molecule has 1 aliphatic rings. The van der Waals surface area contributed by atoms with Crippen LogP contribution in [0.3, 0.4) is 0 Å². The van der Waals surface area contributed by atoms with E-state index in [1.165, 1.54) is 0 Å². The maximum absolute atomic E-state index is 12.0. The van der Waals surface area contributed by atoms with Crippen molar-refractivity contribution >= 4 is 17.5 Å². The molecule has 142 valence electrons. The predicted octanol–water partition coefficient (Wildman–Crippen LogP) is 2.36. The summed E-state index contributed by atoms with van der Waals surface area (Å²) in [6, 6.07) is 13.4. The van der Waals surface area contributed by atoms with Gasteiger partial charge in [0.1, 0.15) is 0 Å². The summed E-state index contributed by atoms with van der Waals surface area (Å²) in [5, 5.41) is 5.41. The zero-order valence-corrected chi connectivity index (χ0v) is 15.6. The minimum absolute atomic E-state index is 0.403. The third-order valence-corrected chi connectivity index (χ3v) is 4.85. The predicted molar refractivity (Wildman–Crippen MR) is 105 cm³/mol. The van der Waals surface area contributed by atoms with E-state index in [-0.39, 0.29) is 0 Å². The van der Waals surface area contributed by atoms with E-state index in [0.717, 1.165) is 43.7 Å². The van der Waals surface area contributed by atoms with Crippen molar-refractivity contribution < 1.29 is 9.59 Å². The lowest BCUT2D eigenvalue weighted by atomic mass is 9.96. The van der Waals surface area contributed by atoms with Crippen molar-refractivity contribution in [1.82, 2.24) is 15.2 Å². The van der Waals surface area contributed by atoms with Crippen molar-refractivity contribution in [3.8, 4) is 0 Å². The molecule has 1 aromatic heterocycles. The number of pyridine rings is 1. The van der Waals surface area contributed by atoms with Crippen LogP contribution in [0.25, 0.3) is 0 Å². The zero-order valence-electron chi connectivity index (χ0n) is 15.6. The molecule has 0 saturated carbocycles. The Morgan fingerprint density at radius 1 is 1.11 bits per heavy atom. The average molecular weight is 366 g/mol. The lowest BCUT2D eigenvalue weighted by molar-refractivity contribution is -0.136. The highest BCUT2D eigenvalue weighted by molar-refractivity contribution is 6.39. The molecule has 1 aliphatic heterocycles. The Morgan fingerprint density at radius 3 is 2.63 bits per heavy atom. The van der Waals surface area contributed by atoms with Gasteiger partial charge >= 0.3 is 11.8 Å². The van der Waals surface area contributed by atoms with Gasteiger partial charge in [-0.2, -0.15) is 0 Å². The number of carbonyl (C=O) groups is 2. The molecule has 1 saturated heterocycles. The number of hydrogen-bond acceptors (Lipinski definition) is 4. The number of amides is 2. The highest BCUT2D eigenvalue weighted by atomic mass is 16.2. The van der Waals surface area contributed by atoms with Gasteiger partial charge in [0, 0.05) is 25.0 Å². The number of hydrogen-bond donors (Lipinski definition) is 2. The molecular formula is C21H26N4O2. The van der Waals surface area contributed by atoms with E-state index in [1.54, 1.807) is 6.07 Å². The van der Waals surface area contributed by atoms with Crippen molar-refractivity contribution in [3.05, 3.63) is 59.9 Å². The summed E-state index contributed by atoms with van der Waals surface area (Å²) in [4.78, 5) is 30.8. The number of benzene rings is 1. The quantitative estimate of drug-likeness (QED) is 0.797. The molecule has 1 fully saturated rings. The molecule has 6 nitrogen and oxygen atoms in total. The van der Waals surface area contributed by atoms with Crippen LogP contribution in [0.5, 0.6) is 0 Å². The first-order valence-electron chi connectivity index (χ1n) is 9.38. The van der Waals surface area contributed by atoms with Crippen molar-refractivity contribution in [3.63, 3.8) is 0 Å². The molecule has 2 aromatic rings. The van der Waals surface area contributed by atoms with E-state index in [0.29, 0.717) is 18.2 Å². The third kappa shape index (κ3) is 5.89. The van der Waals surface area contributed by atoms with Gasteiger partial charge in [-0.15, -0.1) is 0 Å². The first-order valence-corrected chi connectivity index (χ1v) is 9.38. The first kappa shape index (κ1) is 19.0. The lowest BCUT2D eigenvalue weighted by Crippen LogP contribution is -2.41. The number of anilines is 1. The Balaban J connectivity index is 1.38. The standard InChI is InChI=1S/C21H26N4O2/c1-16-5-4-7-18(13-16)24-21(27)20(26)23-14-17-8-11-25(12-9-17)15-19-6-2-3-10-22-19/h2-7,10,13,17H,8-9,11-12,14-15H2,1H3,(H,23,26)(H,24,27). The molecular weight excluding hydrogens is 340 g/mol. The molecule has 0 unspecified atom stereocenters. The highest BCUT2D eigenvalue weighted by Gasteiger charge is 2.21. The number of likely N-dealkylation sites (tertiary alicyclic amines) is 1. The maximum atomic E-state index is 12.0. The van der Waals surface area contributed by atoms with E-state index in [1.807, 2.05) is 49.5 Å². The SMILES string of the molecule is Cc1cccc(NC(=O)C(=O)NCC2CCN(Cc3ccccn3)CC2)c1. The fraction of sp³-hybridized carbons (Fsp3) is 0.381. The van der Waals surface area contributed by atoms with Gasteiger partial charge in [-0.3, -0.25) is 19.5 Å². The summed E-state index contributed by atoms with van der Waals surface area (Å²) in [6.45, 7) is 5.30. The summed E-state index contributed by atoms with van der Waals surface area (Å²) in [5.74, 6) is -0.790. The van der Waals surface area contributed by atoms with Crippen LogP contribution in [-0.4, -0.2) is 41.3 Å². The van der Waals surface area contributed by atoms with Gasteiger partial charge in [0.2, 0.25) is 0 Å². The van der Waals surface area contributed by atoms with Crippen molar-refractivity contribution in [2.75, 3.05) is 25.0 Å². The summed E-state index contributed by atoms with van der Waals surface area (Å²) >= 11 is 0. The fourth-order valence-electron chi connectivity index (χ4n) is 3.30. The molecule has 0 atom stereocenters. The molecule has 2 amide bonds. The Labute approximate surface area is 160 Å². The zero-order chi connectivity index (χ0) is 19.1. The monoisotopic (exact) mass is 366 g/mol. The van der Waals surface area contributed by atoms with Gasteiger partial charge in [-0.25, -0.2) is 0 Å². The molecule has 6 heteroatoms. The number of aryl methyl sites for hydroxylation is 1. The summed E-state index contributed by atoms with van der Waals surface area (Å²) in [5.41, 5.74) is 2.75. The van der Waals surface area contributed by atoms with Gasteiger partial charge in [0.05, 0.1) is 5.69 Å². The number of piperidine rings is 1. The number of rotatable bonds is 5. The smallest absolute Gasteiger partial charge is 0.313 e. The summed E-state index contributed by atoms with van der Waals surface area (Å²) < 4.78 is 0. The van der Waals surface area contributed by atoms with Crippen LogP contribution in [0.15, 0.2) is 48.7 Å². The van der Waals surface area contributed by atoms with E-state index in [2.05, 4.69) is 20.5 Å². The molecule has 0 bridgehead atoms. The minimum atomic E-state index is -0.617. The molecule has 0 aliphatic carbocycles. The van der Waals surface area contributed by atoms with Gasteiger partial charge in [-0.05, 0) is 68.6 Å². The Hall–Kier alpha value is -2.73. The van der Waals surface area contributed by atoms with Crippen LogP contribution in [0.1, 0.15) is 24.1 Å². The van der Waals surface area contributed by atoms with Crippen LogP contribution in [0, 0.1) is 12.8 Å². The van der Waals surface area contributed by atoms with Crippen LogP contribution in [0.4, 0.5) is 5.69 Å². The van der Waals surface area contributed by atoms with Gasteiger partial charge in [0.15, 0.2) is 0 Å². The molecule has 2 heterocycles. The normalized spacial score (nSPS) is 15.3. The van der Waals surface area contributed by atoms with E-state index in [4.69, 9.17) is 0 Å². The fourth-order valence-corrected chi connectivity index (χ4v) is 3.30. The highest BCUT2D eigenvalue weighted by Crippen LogP contribution is 2.18. The van der Waals surface area contributed by atoms with Crippen molar-refractivity contribution in [2.24, 2.45) is 5.92 Å². The van der Waals surface area contributed by atoms with Crippen LogP contribution in [-0.2, 0) is 16.1 Å². The maximum Gasteiger partial charge on any atom is 0.313 e. The minimum Gasteiger partial charge on any atom is -0.348 e. The average Bonchev–Trinajstić information content (AvgIpc) is 2.68. The molecule has 27 heavy (non-hydrogen) atoms. The number of nitrogens with one attached hydrogen (secondary N) is 2. The topological polar surface area (TPSA) is 74.3 Å². The largest absolute Gasteiger partial charge is 0.348 e. The van der Waals surface area contributed by atoms with Gasteiger partial charge < -0.3 is 10.6 Å². The third-order valence-electron chi connectivity index (χ3n) is 4.85. The molecule has 0 spiro atoms. The van der Waals surface area contributed by atoms with Crippen LogP contribution in [0.2, 0.25) is 0 Å². The number of nitrogens with zero attached hydrogens (tertiary/aromatic N) is 2. The van der Waals surface area contributed by atoms with Gasteiger partial charge in [0.25, 0.3) is 0 Å². The van der Waals surface area contributed by atoms with Crippen molar-refractivity contribution in [2.45, 2.75) is 26.3 Å². The summed E-state index contributed by atoms with van der Waals surface area (Å²) in [7, 11) is 0. The lowest BCUT2D eigenvalue weighted by Gasteiger charge is -2.31. The number of aromatic nitrogens is 1. The van der Waals surface area contributed by atoms with Crippen LogP contribution >= 0.6 is 0 Å². The molecule has 1 aromatic carbocycles.